The van der Waals surface area contributed by atoms with Crippen LogP contribution in [-0.2, 0) is 0 Å². The fraction of sp³-hybridized carbons (Fsp3) is 0.467. The summed E-state index contributed by atoms with van der Waals surface area (Å²) in [4.78, 5) is 1.99. The van der Waals surface area contributed by atoms with E-state index in [0.29, 0.717) is 6.04 Å². The molecule has 1 atom stereocenters. The smallest absolute Gasteiger partial charge is 0.208 e. The zero-order chi connectivity index (χ0) is 15.4. The van der Waals surface area contributed by atoms with E-state index in [1.807, 2.05) is 26.0 Å². The predicted octanol–water partition coefficient (Wildman–Crippen LogP) is 3.27. The Labute approximate surface area is 135 Å². The summed E-state index contributed by atoms with van der Waals surface area (Å²) in [6.45, 7) is 4.30. The van der Waals surface area contributed by atoms with Crippen LogP contribution in [0.4, 0.5) is 5.13 Å². The zero-order valence-corrected chi connectivity index (χ0v) is 14.8. The number of aryl methyl sites for hydroxylation is 2. The van der Waals surface area contributed by atoms with Gasteiger partial charge < -0.3 is 10.2 Å². The van der Waals surface area contributed by atoms with Gasteiger partial charge >= 0.3 is 0 Å². The number of anilines is 1. The van der Waals surface area contributed by atoms with E-state index in [2.05, 4.69) is 47.6 Å². The van der Waals surface area contributed by atoms with E-state index in [4.69, 9.17) is 0 Å². The maximum absolute atomic E-state index is 4.24. The van der Waals surface area contributed by atoms with Gasteiger partial charge in [0.15, 0.2) is 4.34 Å². The van der Waals surface area contributed by atoms with Gasteiger partial charge in [0.05, 0.1) is 0 Å². The highest BCUT2D eigenvalue weighted by Crippen LogP contribution is 2.31. The van der Waals surface area contributed by atoms with E-state index in [9.17, 15) is 0 Å². The summed E-state index contributed by atoms with van der Waals surface area (Å²) < 4.78 is 1.02. The molecular formula is C15H22N4S2. The predicted molar refractivity (Wildman–Crippen MR) is 92.7 cm³/mol. The van der Waals surface area contributed by atoms with Crippen molar-refractivity contribution in [3.8, 4) is 0 Å². The monoisotopic (exact) mass is 322 g/mol. The number of aromatic nitrogens is 2. The molecule has 1 aromatic heterocycles. The molecule has 1 unspecified atom stereocenters. The van der Waals surface area contributed by atoms with E-state index >= 15 is 0 Å². The highest BCUT2D eigenvalue weighted by Gasteiger charge is 2.14. The molecule has 0 bridgehead atoms. The molecule has 114 valence electrons. The number of benzene rings is 1. The molecule has 0 aliphatic rings. The van der Waals surface area contributed by atoms with Crippen molar-refractivity contribution in [2.45, 2.75) is 24.2 Å². The Morgan fingerprint density at radius 1 is 1.29 bits per heavy atom. The van der Waals surface area contributed by atoms with Gasteiger partial charge in [0.1, 0.15) is 0 Å². The number of hydrogen-bond donors (Lipinski definition) is 1. The quantitative estimate of drug-likeness (QED) is 0.827. The molecule has 1 heterocycles. The topological polar surface area (TPSA) is 41.1 Å². The summed E-state index contributed by atoms with van der Waals surface area (Å²) in [6.07, 6.45) is 0. The Hall–Kier alpha value is -1.11. The molecule has 2 rings (SSSR count). The first-order chi connectivity index (χ1) is 10.0. The maximum atomic E-state index is 4.24. The molecule has 6 heteroatoms. The minimum Gasteiger partial charge on any atom is -0.353 e. The lowest BCUT2D eigenvalue weighted by atomic mass is 10.0. The SMILES string of the molecule is CNC(CSc1nnc(N(C)C)s1)c1cc(C)ccc1C. The number of hydrogen-bond acceptors (Lipinski definition) is 6. The summed E-state index contributed by atoms with van der Waals surface area (Å²) in [7, 11) is 5.99. The number of thioether (sulfide) groups is 1. The molecule has 0 fully saturated rings. The first-order valence-electron chi connectivity index (χ1n) is 6.89. The van der Waals surface area contributed by atoms with E-state index in [1.165, 1.54) is 16.7 Å². The fourth-order valence-electron chi connectivity index (χ4n) is 2.06. The maximum Gasteiger partial charge on any atom is 0.208 e. The normalized spacial score (nSPS) is 12.4. The first-order valence-corrected chi connectivity index (χ1v) is 8.69. The third-order valence-corrected chi connectivity index (χ3v) is 5.63. The van der Waals surface area contributed by atoms with Crippen LogP contribution in [0.15, 0.2) is 22.5 Å². The van der Waals surface area contributed by atoms with Gasteiger partial charge in [-0.25, -0.2) is 0 Å². The summed E-state index contributed by atoms with van der Waals surface area (Å²) in [5.74, 6) is 0.947. The van der Waals surface area contributed by atoms with Crippen molar-refractivity contribution in [3.63, 3.8) is 0 Å². The molecule has 1 aromatic carbocycles. The Kier molecular flexibility index (Phi) is 5.61. The van der Waals surface area contributed by atoms with Crippen molar-refractivity contribution in [3.05, 3.63) is 34.9 Å². The molecule has 1 N–H and O–H groups in total. The van der Waals surface area contributed by atoms with Crippen molar-refractivity contribution in [2.75, 3.05) is 31.8 Å². The Morgan fingerprint density at radius 3 is 2.67 bits per heavy atom. The van der Waals surface area contributed by atoms with Crippen molar-refractivity contribution in [2.24, 2.45) is 0 Å². The summed E-state index contributed by atoms with van der Waals surface area (Å²) in [5, 5.41) is 12.8. The summed E-state index contributed by atoms with van der Waals surface area (Å²) in [5.41, 5.74) is 3.99. The highest BCUT2D eigenvalue weighted by molar-refractivity contribution is 8.01. The average Bonchev–Trinajstić information content (AvgIpc) is 2.92. The van der Waals surface area contributed by atoms with Crippen LogP contribution in [-0.4, -0.2) is 37.1 Å². The van der Waals surface area contributed by atoms with Crippen molar-refractivity contribution in [1.82, 2.24) is 15.5 Å². The molecule has 0 aliphatic heterocycles. The molecule has 2 aromatic rings. The molecular weight excluding hydrogens is 300 g/mol. The molecule has 0 aliphatic carbocycles. The molecule has 4 nitrogen and oxygen atoms in total. The van der Waals surface area contributed by atoms with Crippen LogP contribution in [0.25, 0.3) is 0 Å². The van der Waals surface area contributed by atoms with Crippen molar-refractivity contribution < 1.29 is 0 Å². The van der Waals surface area contributed by atoms with Gasteiger partial charge in [-0.15, -0.1) is 10.2 Å². The molecule has 0 spiro atoms. The second-order valence-electron chi connectivity index (χ2n) is 5.26. The van der Waals surface area contributed by atoms with Crippen LogP contribution >= 0.6 is 23.1 Å². The summed E-state index contributed by atoms with van der Waals surface area (Å²) >= 11 is 3.39. The Balaban J connectivity index is 2.06. The van der Waals surface area contributed by atoms with Crippen LogP contribution in [0.3, 0.4) is 0 Å². The minimum atomic E-state index is 0.321. The molecule has 0 saturated heterocycles. The lowest BCUT2D eigenvalue weighted by molar-refractivity contribution is 0.657. The number of nitrogens with one attached hydrogen (secondary N) is 1. The standard InChI is InChI=1S/C15H22N4S2/c1-10-6-7-11(2)12(8-10)13(16-3)9-20-15-18-17-14(21-15)19(4)5/h6-8,13,16H,9H2,1-5H3. The molecule has 0 radical (unpaired) electrons. The number of rotatable bonds is 6. The third kappa shape index (κ3) is 4.18. The van der Waals surface area contributed by atoms with E-state index < -0.39 is 0 Å². The zero-order valence-electron chi connectivity index (χ0n) is 13.2. The van der Waals surface area contributed by atoms with Crippen LogP contribution in [0.2, 0.25) is 0 Å². The van der Waals surface area contributed by atoms with E-state index in [1.54, 1.807) is 23.1 Å². The summed E-state index contributed by atoms with van der Waals surface area (Å²) in [6, 6.07) is 6.94. The lowest BCUT2D eigenvalue weighted by Gasteiger charge is -2.18. The van der Waals surface area contributed by atoms with Crippen molar-refractivity contribution in [1.29, 1.82) is 0 Å². The van der Waals surface area contributed by atoms with Gasteiger partial charge in [0.25, 0.3) is 0 Å². The van der Waals surface area contributed by atoms with Crippen molar-refractivity contribution >= 4 is 28.2 Å². The van der Waals surface area contributed by atoms with Gasteiger partial charge in [-0.1, -0.05) is 46.9 Å². The van der Waals surface area contributed by atoms with Crippen LogP contribution < -0.4 is 10.2 Å². The largest absolute Gasteiger partial charge is 0.353 e. The molecule has 0 amide bonds. The Morgan fingerprint density at radius 2 is 2.05 bits per heavy atom. The van der Waals surface area contributed by atoms with Gasteiger partial charge in [0, 0.05) is 25.9 Å². The first kappa shape index (κ1) is 16.3. The average molecular weight is 323 g/mol. The third-order valence-electron chi connectivity index (χ3n) is 3.31. The fourth-order valence-corrected chi connectivity index (χ4v) is 3.98. The molecule has 0 saturated carbocycles. The highest BCUT2D eigenvalue weighted by atomic mass is 32.2. The van der Waals surface area contributed by atoms with Gasteiger partial charge in [-0.3, -0.25) is 0 Å². The van der Waals surface area contributed by atoms with Crippen LogP contribution in [0.5, 0.6) is 0 Å². The van der Waals surface area contributed by atoms with Crippen LogP contribution in [0, 0.1) is 13.8 Å². The number of nitrogens with zero attached hydrogens (tertiary/aromatic N) is 3. The van der Waals surface area contributed by atoms with E-state index in [-0.39, 0.29) is 0 Å². The second-order valence-corrected chi connectivity index (χ2v) is 7.48. The van der Waals surface area contributed by atoms with Gasteiger partial charge in [-0.05, 0) is 32.0 Å². The lowest BCUT2D eigenvalue weighted by Crippen LogP contribution is -2.19. The Bertz CT molecular complexity index is 595. The van der Waals surface area contributed by atoms with Crippen LogP contribution in [0.1, 0.15) is 22.7 Å². The van der Waals surface area contributed by atoms with E-state index in [0.717, 1.165) is 15.2 Å². The minimum absolute atomic E-state index is 0.321. The second kappa shape index (κ2) is 7.24. The molecule has 21 heavy (non-hydrogen) atoms. The van der Waals surface area contributed by atoms with Gasteiger partial charge in [-0.2, -0.15) is 0 Å². The van der Waals surface area contributed by atoms with Gasteiger partial charge in [0.2, 0.25) is 5.13 Å².